The van der Waals surface area contributed by atoms with Gasteiger partial charge in [0.05, 0.1) is 5.75 Å². The number of piperazine rings is 1. The molecule has 1 N–H and O–H groups in total. The molecule has 0 saturated carbocycles. The van der Waals surface area contributed by atoms with E-state index in [1.54, 1.807) is 0 Å². The second-order valence-corrected chi connectivity index (χ2v) is 7.94. The Morgan fingerprint density at radius 1 is 1.13 bits per heavy atom. The van der Waals surface area contributed by atoms with E-state index in [4.69, 9.17) is 0 Å². The Morgan fingerprint density at radius 2 is 1.78 bits per heavy atom. The maximum atomic E-state index is 12.2. The molecule has 1 aliphatic rings. The van der Waals surface area contributed by atoms with E-state index >= 15 is 0 Å². The van der Waals surface area contributed by atoms with Gasteiger partial charge in [0.25, 0.3) is 0 Å². The SMILES string of the molecule is CN1CCN(S(=O)(=O)CCC(=O)NCCc2ccccc2)CC1. The Bertz CT molecular complexity index is 596. The summed E-state index contributed by atoms with van der Waals surface area (Å²) in [5.41, 5.74) is 1.15. The Balaban J connectivity index is 1.69. The van der Waals surface area contributed by atoms with Crippen LogP contribution < -0.4 is 5.32 Å². The van der Waals surface area contributed by atoms with Crippen molar-refractivity contribution in [1.82, 2.24) is 14.5 Å². The lowest BCUT2D eigenvalue weighted by Gasteiger charge is -2.31. The van der Waals surface area contributed by atoms with Gasteiger partial charge in [-0.2, -0.15) is 4.31 Å². The third-order valence-corrected chi connectivity index (χ3v) is 5.89. The molecule has 6 nitrogen and oxygen atoms in total. The summed E-state index contributed by atoms with van der Waals surface area (Å²) in [6.45, 7) is 3.02. The number of sulfonamides is 1. The van der Waals surface area contributed by atoms with Gasteiger partial charge in [-0.15, -0.1) is 0 Å². The van der Waals surface area contributed by atoms with Crippen LogP contribution in [0.25, 0.3) is 0 Å². The maximum absolute atomic E-state index is 12.2. The number of amides is 1. The van der Waals surface area contributed by atoms with Crippen molar-refractivity contribution in [3.63, 3.8) is 0 Å². The van der Waals surface area contributed by atoms with Crippen molar-refractivity contribution < 1.29 is 13.2 Å². The molecule has 2 rings (SSSR count). The first-order valence-corrected chi connectivity index (χ1v) is 9.55. The second kappa shape index (κ2) is 8.42. The van der Waals surface area contributed by atoms with E-state index in [-0.39, 0.29) is 18.1 Å². The fourth-order valence-electron chi connectivity index (χ4n) is 2.50. The predicted molar refractivity (Wildman–Crippen MR) is 90.6 cm³/mol. The summed E-state index contributed by atoms with van der Waals surface area (Å²) in [5.74, 6) is -0.327. The number of likely N-dealkylation sites (N-methyl/N-ethyl adjacent to an activating group) is 1. The molecule has 1 aromatic carbocycles. The molecule has 23 heavy (non-hydrogen) atoms. The second-order valence-electron chi connectivity index (χ2n) is 5.85. The minimum atomic E-state index is -3.33. The summed E-state index contributed by atoms with van der Waals surface area (Å²) in [5, 5.41) is 2.78. The average Bonchev–Trinajstić information content (AvgIpc) is 2.54. The molecule has 0 bridgehead atoms. The third kappa shape index (κ3) is 5.93. The topological polar surface area (TPSA) is 69.7 Å². The number of nitrogens with zero attached hydrogens (tertiary/aromatic N) is 2. The fraction of sp³-hybridized carbons (Fsp3) is 0.562. The van der Waals surface area contributed by atoms with Crippen molar-refractivity contribution >= 4 is 15.9 Å². The van der Waals surface area contributed by atoms with Crippen LogP contribution in [0.3, 0.4) is 0 Å². The summed E-state index contributed by atoms with van der Waals surface area (Å²) >= 11 is 0. The molecule has 1 heterocycles. The third-order valence-electron chi connectivity index (χ3n) is 4.02. The van der Waals surface area contributed by atoms with Crippen LogP contribution in [0.4, 0.5) is 0 Å². The zero-order valence-electron chi connectivity index (χ0n) is 13.6. The van der Waals surface area contributed by atoms with E-state index in [0.717, 1.165) is 25.1 Å². The van der Waals surface area contributed by atoms with Gasteiger partial charge in [-0.05, 0) is 19.0 Å². The van der Waals surface area contributed by atoms with E-state index in [2.05, 4.69) is 10.2 Å². The van der Waals surface area contributed by atoms with Crippen LogP contribution in [-0.4, -0.2) is 69.1 Å². The molecule has 128 valence electrons. The molecule has 0 aliphatic carbocycles. The highest BCUT2D eigenvalue weighted by Crippen LogP contribution is 2.08. The van der Waals surface area contributed by atoms with E-state index in [9.17, 15) is 13.2 Å². The number of carbonyl (C=O) groups is 1. The number of rotatable bonds is 7. The Hall–Kier alpha value is -1.44. The van der Waals surface area contributed by atoms with Crippen LogP contribution in [0.5, 0.6) is 0 Å². The van der Waals surface area contributed by atoms with Gasteiger partial charge < -0.3 is 10.2 Å². The van der Waals surface area contributed by atoms with Gasteiger partial charge in [0.1, 0.15) is 0 Å². The maximum Gasteiger partial charge on any atom is 0.221 e. The van der Waals surface area contributed by atoms with Crippen LogP contribution in [0.2, 0.25) is 0 Å². The van der Waals surface area contributed by atoms with Crippen molar-refractivity contribution in [3.05, 3.63) is 35.9 Å². The van der Waals surface area contributed by atoms with Crippen molar-refractivity contribution in [3.8, 4) is 0 Å². The molecule has 1 fully saturated rings. The van der Waals surface area contributed by atoms with Crippen molar-refractivity contribution in [2.24, 2.45) is 0 Å². The summed E-state index contributed by atoms with van der Waals surface area (Å²) in [6, 6.07) is 9.87. The first-order valence-electron chi connectivity index (χ1n) is 7.94. The monoisotopic (exact) mass is 339 g/mol. The van der Waals surface area contributed by atoms with E-state index in [1.165, 1.54) is 4.31 Å². The number of hydrogen-bond donors (Lipinski definition) is 1. The number of benzene rings is 1. The predicted octanol–water partition coefficient (Wildman–Crippen LogP) is 0.313. The van der Waals surface area contributed by atoms with Crippen LogP contribution in [0.1, 0.15) is 12.0 Å². The molecule has 0 aromatic heterocycles. The smallest absolute Gasteiger partial charge is 0.221 e. The van der Waals surface area contributed by atoms with Crippen molar-refractivity contribution in [1.29, 1.82) is 0 Å². The Morgan fingerprint density at radius 3 is 2.43 bits per heavy atom. The molecule has 7 heteroatoms. The molecule has 1 aliphatic heterocycles. The van der Waals surface area contributed by atoms with E-state index in [0.29, 0.717) is 19.6 Å². The molecule has 0 unspecified atom stereocenters. The number of nitrogens with one attached hydrogen (secondary N) is 1. The van der Waals surface area contributed by atoms with Gasteiger partial charge in [-0.1, -0.05) is 30.3 Å². The largest absolute Gasteiger partial charge is 0.356 e. The lowest BCUT2D eigenvalue weighted by atomic mass is 10.1. The molecule has 0 spiro atoms. The highest BCUT2D eigenvalue weighted by Gasteiger charge is 2.25. The normalized spacial score (nSPS) is 17.1. The minimum Gasteiger partial charge on any atom is -0.356 e. The lowest BCUT2D eigenvalue weighted by Crippen LogP contribution is -2.48. The van der Waals surface area contributed by atoms with Gasteiger partial charge in [0.2, 0.25) is 15.9 Å². The number of carbonyl (C=O) groups excluding carboxylic acids is 1. The summed E-state index contributed by atoms with van der Waals surface area (Å²) in [7, 11) is -1.36. The lowest BCUT2D eigenvalue weighted by molar-refractivity contribution is -0.120. The van der Waals surface area contributed by atoms with Gasteiger partial charge in [0, 0.05) is 39.1 Å². The molecule has 0 radical (unpaired) electrons. The van der Waals surface area contributed by atoms with Gasteiger partial charge >= 0.3 is 0 Å². The Kier molecular flexibility index (Phi) is 6.56. The molecule has 0 atom stereocenters. The van der Waals surface area contributed by atoms with Crippen LogP contribution in [-0.2, 0) is 21.2 Å². The first-order chi connectivity index (χ1) is 11.0. The molecule has 1 amide bonds. The average molecular weight is 339 g/mol. The highest BCUT2D eigenvalue weighted by atomic mass is 32.2. The molecule has 1 saturated heterocycles. The fourth-order valence-corrected chi connectivity index (χ4v) is 3.92. The minimum absolute atomic E-state index is 0.0173. The van der Waals surface area contributed by atoms with E-state index < -0.39 is 10.0 Å². The Labute approximate surface area is 138 Å². The quantitative estimate of drug-likeness (QED) is 0.776. The van der Waals surface area contributed by atoms with Crippen molar-refractivity contribution in [2.45, 2.75) is 12.8 Å². The van der Waals surface area contributed by atoms with Crippen LogP contribution in [0.15, 0.2) is 30.3 Å². The summed E-state index contributed by atoms with van der Waals surface area (Å²) in [6.07, 6.45) is 0.765. The first kappa shape index (κ1) is 17.9. The van der Waals surface area contributed by atoms with Crippen LogP contribution in [0, 0.1) is 0 Å². The zero-order valence-corrected chi connectivity index (χ0v) is 14.4. The van der Waals surface area contributed by atoms with Gasteiger partial charge in [0.15, 0.2) is 0 Å². The molecular formula is C16H25N3O3S. The standard InChI is InChI=1S/C16H25N3O3S/c1-18-10-12-19(13-11-18)23(21,22)14-8-16(20)17-9-7-15-5-3-2-4-6-15/h2-6H,7-14H2,1H3,(H,17,20). The van der Waals surface area contributed by atoms with Crippen LogP contribution >= 0.6 is 0 Å². The molecule has 1 aromatic rings. The molecular weight excluding hydrogens is 314 g/mol. The van der Waals surface area contributed by atoms with Crippen molar-refractivity contribution in [2.75, 3.05) is 45.5 Å². The number of hydrogen-bond acceptors (Lipinski definition) is 4. The summed E-state index contributed by atoms with van der Waals surface area (Å²) < 4.78 is 25.9. The van der Waals surface area contributed by atoms with Gasteiger partial charge in [-0.3, -0.25) is 4.79 Å². The highest BCUT2D eigenvalue weighted by molar-refractivity contribution is 7.89. The van der Waals surface area contributed by atoms with Gasteiger partial charge in [-0.25, -0.2) is 8.42 Å². The van der Waals surface area contributed by atoms with E-state index in [1.807, 2.05) is 37.4 Å². The summed E-state index contributed by atoms with van der Waals surface area (Å²) in [4.78, 5) is 13.9. The zero-order chi connectivity index (χ0) is 16.7.